The van der Waals surface area contributed by atoms with Crippen LogP contribution in [0.1, 0.15) is 24.0 Å². The summed E-state index contributed by atoms with van der Waals surface area (Å²) in [6, 6.07) is 6.16. The molecule has 1 amide bonds. The number of ether oxygens (including phenoxy) is 1. The van der Waals surface area contributed by atoms with E-state index in [9.17, 15) is 4.79 Å². The number of carbonyl (C=O) groups is 1. The quantitative estimate of drug-likeness (QED) is 0.843. The highest BCUT2D eigenvalue weighted by molar-refractivity contribution is 5.91. The maximum Gasteiger partial charge on any atom is 0.415 e. The summed E-state index contributed by atoms with van der Waals surface area (Å²) in [5.74, 6) is 0. The fourth-order valence-corrected chi connectivity index (χ4v) is 3.08. The van der Waals surface area contributed by atoms with Crippen LogP contribution in [0.25, 0.3) is 0 Å². The third-order valence-corrected chi connectivity index (χ3v) is 4.05. The molecule has 102 valence electrons. The second-order valence-electron chi connectivity index (χ2n) is 5.71. The molecular formula is C15H20N2O2. The number of piperidine rings is 1. The number of hydrogen-bond donors (Lipinski definition) is 1. The van der Waals surface area contributed by atoms with Crippen LogP contribution < -0.4 is 10.2 Å². The molecule has 2 fully saturated rings. The first-order valence-electron chi connectivity index (χ1n) is 6.88. The number of aryl methyl sites for hydroxylation is 2. The highest BCUT2D eigenvalue weighted by Gasteiger charge is 2.46. The van der Waals surface area contributed by atoms with Crippen molar-refractivity contribution in [1.82, 2.24) is 5.32 Å². The molecule has 0 radical (unpaired) electrons. The third kappa shape index (κ3) is 2.21. The van der Waals surface area contributed by atoms with Gasteiger partial charge in [0.15, 0.2) is 0 Å². The summed E-state index contributed by atoms with van der Waals surface area (Å²) in [6.45, 7) is 6.54. The molecule has 3 rings (SSSR count). The lowest BCUT2D eigenvalue weighted by Crippen LogP contribution is -2.48. The minimum absolute atomic E-state index is 0.212. The standard InChI is InChI=1S/C15H20N2O2/c1-11-4-5-13(12(2)8-11)17-10-15(19-14(17)18)6-3-7-16-9-15/h4-5,8,16H,3,6-7,9-10H2,1-2H3. The van der Waals surface area contributed by atoms with E-state index in [1.165, 1.54) is 5.56 Å². The van der Waals surface area contributed by atoms with Crippen molar-refractivity contribution in [2.45, 2.75) is 32.3 Å². The molecule has 2 aliphatic heterocycles. The predicted octanol–water partition coefficient (Wildman–Crippen LogP) is 2.38. The van der Waals surface area contributed by atoms with Crippen molar-refractivity contribution in [1.29, 1.82) is 0 Å². The zero-order chi connectivity index (χ0) is 13.5. The van der Waals surface area contributed by atoms with E-state index in [0.717, 1.165) is 37.2 Å². The van der Waals surface area contributed by atoms with Gasteiger partial charge in [-0.2, -0.15) is 0 Å². The Morgan fingerprint density at radius 2 is 2.21 bits per heavy atom. The Labute approximate surface area is 113 Å². The van der Waals surface area contributed by atoms with Gasteiger partial charge in [-0.15, -0.1) is 0 Å². The fourth-order valence-electron chi connectivity index (χ4n) is 3.08. The van der Waals surface area contributed by atoms with Crippen molar-refractivity contribution < 1.29 is 9.53 Å². The zero-order valence-corrected chi connectivity index (χ0v) is 11.5. The summed E-state index contributed by atoms with van der Waals surface area (Å²) in [5, 5.41) is 3.33. The minimum Gasteiger partial charge on any atom is -0.439 e. The molecule has 1 aromatic rings. The molecule has 2 aliphatic rings. The Balaban J connectivity index is 1.87. The molecule has 1 spiro atoms. The molecule has 0 aromatic heterocycles. The van der Waals surface area contributed by atoms with E-state index < -0.39 is 0 Å². The molecule has 19 heavy (non-hydrogen) atoms. The topological polar surface area (TPSA) is 41.6 Å². The van der Waals surface area contributed by atoms with Crippen molar-refractivity contribution in [2.75, 3.05) is 24.5 Å². The molecule has 4 heteroatoms. The number of rotatable bonds is 1. The number of carbonyl (C=O) groups excluding carboxylic acids is 1. The van der Waals surface area contributed by atoms with E-state index in [0.29, 0.717) is 6.54 Å². The maximum absolute atomic E-state index is 12.2. The molecule has 2 heterocycles. The van der Waals surface area contributed by atoms with Gasteiger partial charge in [-0.05, 0) is 44.9 Å². The number of amides is 1. The zero-order valence-electron chi connectivity index (χ0n) is 11.5. The Morgan fingerprint density at radius 1 is 1.37 bits per heavy atom. The number of nitrogens with zero attached hydrogens (tertiary/aromatic N) is 1. The normalized spacial score (nSPS) is 26.8. The summed E-state index contributed by atoms with van der Waals surface area (Å²) in [6.07, 6.45) is 1.80. The van der Waals surface area contributed by atoms with E-state index in [-0.39, 0.29) is 11.7 Å². The molecule has 1 N–H and O–H groups in total. The van der Waals surface area contributed by atoms with E-state index in [2.05, 4.69) is 18.3 Å². The van der Waals surface area contributed by atoms with Crippen LogP contribution >= 0.6 is 0 Å². The maximum atomic E-state index is 12.2. The summed E-state index contributed by atoms with van der Waals surface area (Å²) in [7, 11) is 0. The number of nitrogens with one attached hydrogen (secondary N) is 1. The van der Waals surface area contributed by atoms with Crippen LogP contribution in [-0.2, 0) is 4.74 Å². The van der Waals surface area contributed by atoms with Crippen LogP contribution in [-0.4, -0.2) is 31.3 Å². The lowest BCUT2D eigenvalue weighted by atomic mass is 9.94. The first kappa shape index (κ1) is 12.5. The van der Waals surface area contributed by atoms with Gasteiger partial charge in [-0.3, -0.25) is 4.90 Å². The largest absolute Gasteiger partial charge is 0.439 e. The van der Waals surface area contributed by atoms with Gasteiger partial charge in [-0.1, -0.05) is 17.7 Å². The van der Waals surface area contributed by atoms with Gasteiger partial charge in [0.25, 0.3) is 0 Å². The predicted molar refractivity (Wildman–Crippen MR) is 74.6 cm³/mol. The summed E-state index contributed by atoms with van der Waals surface area (Å²) in [5.41, 5.74) is 2.98. The van der Waals surface area contributed by atoms with Gasteiger partial charge >= 0.3 is 6.09 Å². The number of hydrogen-bond acceptors (Lipinski definition) is 3. The second-order valence-corrected chi connectivity index (χ2v) is 5.71. The van der Waals surface area contributed by atoms with Gasteiger partial charge in [0.1, 0.15) is 5.60 Å². The molecule has 4 nitrogen and oxygen atoms in total. The molecule has 1 atom stereocenters. The smallest absolute Gasteiger partial charge is 0.415 e. The average molecular weight is 260 g/mol. The van der Waals surface area contributed by atoms with Crippen molar-refractivity contribution >= 4 is 11.8 Å². The highest BCUT2D eigenvalue weighted by Crippen LogP contribution is 2.34. The van der Waals surface area contributed by atoms with Crippen LogP contribution in [0.4, 0.5) is 10.5 Å². The fraction of sp³-hybridized carbons (Fsp3) is 0.533. The Kier molecular flexibility index (Phi) is 2.97. The monoisotopic (exact) mass is 260 g/mol. The van der Waals surface area contributed by atoms with Crippen molar-refractivity contribution in [3.8, 4) is 0 Å². The molecule has 1 aromatic carbocycles. The van der Waals surface area contributed by atoms with Gasteiger partial charge in [0.05, 0.1) is 12.2 Å². The summed E-state index contributed by atoms with van der Waals surface area (Å²) in [4.78, 5) is 13.9. The minimum atomic E-state index is -0.327. The van der Waals surface area contributed by atoms with Crippen LogP contribution in [0.2, 0.25) is 0 Å². The lowest BCUT2D eigenvalue weighted by Gasteiger charge is -2.31. The number of benzene rings is 1. The third-order valence-electron chi connectivity index (χ3n) is 4.05. The molecule has 0 bridgehead atoms. The van der Waals surface area contributed by atoms with Crippen molar-refractivity contribution in [3.05, 3.63) is 29.3 Å². The molecule has 0 saturated carbocycles. The summed E-state index contributed by atoms with van der Waals surface area (Å²) < 4.78 is 5.67. The molecular weight excluding hydrogens is 240 g/mol. The van der Waals surface area contributed by atoms with E-state index in [1.54, 1.807) is 4.90 Å². The van der Waals surface area contributed by atoms with Gasteiger partial charge in [-0.25, -0.2) is 4.79 Å². The van der Waals surface area contributed by atoms with Crippen LogP contribution in [0.3, 0.4) is 0 Å². The highest BCUT2D eigenvalue weighted by atomic mass is 16.6. The first-order chi connectivity index (χ1) is 9.10. The Morgan fingerprint density at radius 3 is 2.89 bits per heavy atom. The SMILES string of the molecule is Cc1ccc(N2CC3(CCCNC3)OC2=O)c(C)c1. The van der Waals surface area contributed by atoms with Crippen LogP contribution in [0.15, 0.2) is 18.2 Å². The molecule has 1 unspecified atom stereocenters. The molecule has 2 saturated heterocycles. The van der Waals surface area contributed by atoms with Gasteiger partial charge in [0.2, 0.25) is 0 Å². The van der Waals surface area contributed by atoms with Crippen molar-refractivity contribution in [3.63, 3.8) is 0 Å². The Hall–Kier alpha value is -1.55. The number of anilines is 1. The lowest BCUT2D eigenvalue weighted by molar-refractivity contribution is 0.0366. The summed E-state index contributed by atoms with van der Waals surface area (Å²) >= 11 is 0. The van der Waals surface area contributed by atoms with Gasteiger partial charge in [0, 0.05) is 6.54 Å². The van der Waals surface area contributed by atoms with Gasteiger partial charge < -0.3 is 10.1 Å². The first-order valence-corrected chi connectivity index (χ1v) is 6.88. The van der Waals surface area contributed by atoms with E-state index in [4.69, 9.17) is 4.74 Å². The molecule has 0 aliphatic carbocycles. The van der Waals surface area contributed by atoms with E-state index in [1.807, 2.05) is 19.1 Å². The Bertz CT molecular complexity index is 507. The van der Waals surface area contributed by atoms with E-state index >= 15 is 0 Å². The second kappa shape index (κ2) is 4.53. The van der Waals surface area contributed by atoms with Crippen LogP contribution in [0, 0.1) is 13.8 Å². The van der Waals surface area contributed by atoms with Crippen molar-refractivity contribution in [2.24, 2.45) is 0 Å². The average Bonchev–Trinajstić information content (AvgIpc) is 2.67. The van der Waals surface area contributed by atoms with Crippen LogP contribution in [0.5, 0.6) is 0 Å².